The number of benzene rings is 5. The van der Waals surface area contributed by atoms with Crippen LogP contribution in [0.25, 0.3) is 33.0 Å². The third kappa shape index (κ3) is 4.36. The predicted octanol–water partition coefficient (Wildman–Crippen LogP) is 7.20. The highest BCUT2D eigenvalue weighted by Crippen LogP contribution is 2.47. The molecule has 0 aromatic heterocycles. The van der Waals surface area contributed by atoms with Crippen molar-refractivity contribution in [3.63, 3.8) is 0 Å². The maximum absolute atomic E-state index is 13.8. The van der Waals surface area contributed by atoms with Gasteiger partial charge in [-0.15, -0.1) is 0 Å². The molecule has 1 aliphatic rings. The normalized spacial score (nSPS) is 13.4. The summed E-state index contributed by atoms with van der Waals surface area (Å²) in [4.78, 5) is 0.312. The van der Waals surface area contributed by atoms with Gasteiger partial charge in [0, 0.05) is 13.1 Å². The van der Waals surface area contributed by atoms with Gasteiger partial charge in [0.25, 0.3) is 0 Å². The van der Waals surface area contributed by atoms with E-state index in [1.807, 2.05) is 67.6 Å². The predicted molar refractivity (Wildman–Crippen MR) is 156 cm³/mol. The van der Waals surface area contributed by atoms with Crippen molar-refractivity contribution in [2.75, 3.05) is 14.2 Å². The number of ether oxygens (including phenoxy) is 2. The van der Waals surface area contributed by atoms with Crippen molar-refractivity contribution in [1.82, 2.24) is 4.31 Å². The van der Waals surface area contributed by atoms with E-state index in [4.69, 9.17) is 9.47 Å². The Balaban J connectivity index is 1.61. The number of hydrogen-bond donors (Lipinski definition) is 0. The lowest BCUT2D eigenvalue weighted by atomic mass is 9.84. The summed E-state index contributed by atoms with van der Waals surface area (Å²) in [5.74, 6) is 1.55. The minimum absolute atomic E-state index is 0.293. The Morgan fingerprint density at radius 2 is 1.13 bits per heavy atom. The van der Waals surface area contributed by atoms with Gasteiger partial charge in [-0.05, 0) is 87.5 Å². The van der Waals surface area contributed by atoms with Crippen LogP contribution in [0.15, 0.2) is 102 Å². The first kappa shape index (κ1) is 25.2. The summed E-state index contributed by atoms with van der Waals surface area (Å²) in [5, 5.41) is 2.15. The molecule has 5 aromatic rings. The molecule has 0 N–H and O–H groups in total. The van der Waals surface area contributed by atoms with E-state index in [9.17, 15) is 8.42 Å². The van der Waals surface area contributed by atoms with Gasteiger partial charge in [0.15, 0.2) is 0 Å². The van der Waals surface area contributed by atoms with Crippen LogP contribution in [0.4, 0.5) is 0 Å². The molecule has 0 spiro atoms. The molecule has 0 amide bonds. The summed E-state index contributed by atoms with van der Waals surface area (Å²) in [7, 11) is -0.381. The molecule has 1 heterocycles. The maximum Gasteiger partial charge on any atom is 0.243 e. The smallest absolute Gasteiger partial charge is 0.243 e. The van der Waals surface area contributed by atoms with Gasteiger partial charge in [0.1, 0.15) is 11.5 Å². The molecule has 0 saturated carbocycles. The summed E-state index contributed by atoms with van der Waals surface area (Å²) in [6.07, 6.45) is 0. The van der Waals surface area contributed by atoms with E-state index >= 15 is 0 Å². The van der Waals surface area contributed by atoms with Crippen molar-refractivity contribution in [1.29, 1.82) is 0 Å². The molecular weight excluding hydrogens is 506 g/mol. The van der Waals surface area contributed by atoms with Gasteiger partial charge in [0.05, 0.1) is 19.1 Å². The average Bonchev–Trinajstić information content (AvgIpc) is 3.43. The maximum atomic E-state index is 13.8. The van der Waals surface area contributed by atoms with Crippen molar-refractivity contribution in [2.45, 2.75) is 24.9 Å². The van der Waals surface area contributed by atoms with Crippen molar-refractivity contribution < 1.29 is 17.9 Å². The molecule has 39 heavy (non-hydrogen) atoms. The van der Waals surface area contributed by atoms with E-state index in [2.05, 4.69) is 24.3 Å². The minimum atomic E-state index is -3.69. The molecule has 1 aliphatic heterocycles. The molecular formula is C33H29NO4S. The summed E-state index contributed by atoms with van der Waals surface area (Å²) in [6.45, 7) is 2.56. The number of rotatable bonds is 6. The quantitative estimate of drug-likeness (QED) is 0.231. The van der Waals surface area contributed by atoms with Crippen LogP contribution in [0.3, 0.4) is 0 Å². The Bertz CT molecular complexity index is 1780. The SMILES string of the molecule is COc1ccc(-c2c3c(c4ccccc4c2-c2ccc(OC)cc2)CN(S(=O)(=O)c2ccc(C)cc2)C3)cc1. The van der Waals surface area contributed by atoms with Gasteiger partial charge in [0.2, 0.25) is 10.0 Å². The fourth-order valence-electron chi connectivity index (χ4n) is 5.49. The highest BCUT2D eigenvalue weighted by Gasteiger charge is 2.35. The van der Waals surface area contributed by atoms with E-state index in [0.717, 1.165) is 61.2 Å². The number of methoxy groups -OCH3 is 2. The first-order valence-electron chi connectivity index (χ1n) is 12.8. The molecule has 0 saturated heterocycles. The van der Waals surface area contributed by atoms with Crippen LogP contribution in [-0.4, -0.2) is 26.9 Å². The average molecular weight is 536 g/mol. The highest BCUT2D eigenvalue weighted by atomic mass is 32.2. The van der Waals surface area contributed by atoms with Crippen LogP contribution in [0.5, 0.6) is 11.5 Å². The molecule has 0 fully saturated rings. The number of nitrogens with zero attached hydrogens (tertiary/aromatic N) is 1. The zero-order chi connectivity index (χ0) is 27.1. The van der Waals surface area contributed by atoms with Crippen LogP contribution < -0.4 is 9.47 Å². The van der Waals surface area contributed by atoms with E-state index < -0.39 is 10.0 Å². The Hall–Kier alpha value is -4.13. The van der Waals surface area contributed by atoms with E-state index in [0.29, 0.717) is 18.0 Å². The second kappa shape index (κ2) is 9.88. The number of aryl methyl sites for hydroxylation is 1. The topological polar surface area (TPSA) is 55.8 Å². The van der Waals surface area contributed by atoms with E-state index in [1.165, 1.54) is 0 Å². The monoisotopic (exact) mass is 535 g/mol. The van der Waals surface area contributed by atoms with Crippen LogP contribution in [0.1, 0.15) is 16.7 Å². The van der Waals surface area contributed by atoms with E-state index in [1.54, 1.807) is 30.7 Å². The molecule has 5 nitrogen and oxygen atoms in total. The van der Waals surface area contributed by atoms with Gasteiger partial charge >= 0.3 is 0 Å². The summed E-state index contributed by atoms with van der Waals surface area (Å²) < 4.78 is 40.0. The summed E-state index contributed by atoms with van der Waals surface area (Å²) in [6, 6.07) is 31.4. The molecule has 0 radical (unpaired) electrons. The van der Waals surface area contributed by atoms with Gasteiger partial charge in [-0.1, -0.05) is 66.2 Å². The van der Waals surface area contributed by atoms with Crippen molar-refractivity contribution in [2.24, 2.45) is 0 Å². The van der Waals surface area contributed by atoms with Gasteiger partial charge in [-0.2, -0.15) is 4.31 Å². The van der Waals surface area contributed by atoms with Crippen molar-refractivity contribution in [3.8, 4) is 33.8 Å². The Labute approximate surface area is 229 Å². The zero-order valence-electron chi connectivity index (χ0n) is 22.1. The number of fused-ring (bicyclic) bond motifs is 3. The van der Waals surface area contributed by atoms with Crippen LogP contribution >= 0.6 is 0 Å². The molecule has 196 valence electrons. The second-order valence-electron chi connectivity index (χ2n) is 9.80. The Morgan fingerprint density at radius 3 is 1.69 bits per heavy atom. The molecule has 5 aromatic carbocycles. The van der Waals surface area contributed by atoms with E-state index in [-0.39, 0.29) is 0 Å². The second-order valence-corrected chi connectivity index (χ2v) is 11.7. The molecule has 0 atom stereocenters. The number of hydrogen-bond acceptors (Lipinski definition) is 4. The highest BCUT2D eigenvalue weighted by molar-refractivity contribution is 7.89. The third-order valence-electron chi connectivity index (χ3n) is 7.52. The lowest BCUT2D eigenvalue weighted by Crippen LogP contribution is -2.25. The first-order chi connectivity index (χ1) is 18.9. The zero-order valence-corrected chi connectivity index (χ0v) is 23.0. The third-order valence-corrected chi connectivity index (χ3v) is 9.33. The lowest BCUT2D eigenvalue weighted by molar-refractivity contribution is 0.414. The molecule has 0 unspecified atom stereocenters. The minimum Gasteiger partial charge on any atom is -0.497 e. The van der Waals surface area contributed by atoms with Crippen LogP contribution in [0.2, 0.25) is 0 Å². The molecule has 0 bridgehead atoms. The Kier molecular flexibility index (Phi) is 6.37. The van der Waals surface area contributed by atoms with Gasteiger partial charge < -0.3 is 9.47 Å². The van der Waals surface area contributed by atoms with Crippen LogP contribution in [0, 0.1) is 6.92 Å². The summed E-state index contributed by atoms with van der Waals surface area (Å²) >= 11 is 0. The lowest BCUT2D eigenvalue weighted by Gasteiger charge is -2.20. The van der Waals surface area contributed by atoms with Crippen molar-refractivity contribution >= 4 is 20.8 Å². The fourth-order valence-corrected chi connectivity index (χ4v) is 6.87. The first-order valence-corrected chi connectivity index (χ1v) is 14.3. The largest absolute Gasteiger partial charge is 0.497 e. The van der Waals surface area contributed by atoms with Crippen LogP contribution in [-0.2, 0) is 23.1 Å². The fraction of sp³-hybridized carbons (Fsp3) is 0.152. The van der Waals surface area contributed by atoms with Gasteiger partial charge in [-0.25, -0.2) is 8.42 Å². The summed E-state index contributed by atoms with van der Waals surface area (Å²) in [5.41, 5.74) is 7.27. The molecule has 6 rings (SSSR count). The molecule has 0 aliphatic carbocycles. The Morgan fingerprint density at radius 1 is 0.615 bits per heavy atom. The van der Waals surface area contributed by atoms with Crippen molar-refractivity contribution in [3.05, 3.63) is 114 Å². The number of sulfonamides is 1. The standard InChI is InChI=1S/C33H29NO4S/c1-22-8-18-27(19-9-22)39(35,36)34-20-30-28-6-4-5-7-29(28)32(23-10-14-25(37-2)15-11-23)33(31(30)21-34)24-12-16-26(38-3)17-13-24/h4-19H,20-21H2,1-3H3. The molecule has 6 heteroatoms. The van der Waals surface area contributed by atoms with Gasteiger partial charge in [-0.3, -0.25) is 0 Å².